The average Bonchev–Trinajstić information content (AvgIpc) is 3.58. The van der Waals surface area contributed by atoms with E-state index in [4.69, 9.17) is 11.6 Å². The highest BCUT2D eigenvalue weighted by Gasteiger charge is 2.56. The highest BCUT2D eigenvalue weighted by molar-refractivity contribution is 6.42. The molecule has 5 rings (SSSR count). The smallest absolute Gasteiger partial charge is 0.336 e. The van der Waals surface area contributed by atoms with Gasteiger partial charge in [-0.15, -0.1) is 0 Å². The first-order chi connectivity index (χ1) is 18.9. The summed E-state index contributed by atoms with van der Waals surface area (Å²) in [5.41, 5.74) is -1.90. The van der Waals surface area contributed by atoms with Crippen LogP contribution in [0.5, 0.6) is 0 Å². The molecule has 208 valence electrons. The molecule has 3 aliphatic rings. The van der Waals surface area contributed by atoms with Crippen LogP contribution >= 0.6 is 11.6 Å². The summed E-state index contributed by atoms with van der Waals surface area (Å²) in [6.45, 7) is -0.106. The number of amides is 4. The maximum Gasteiger partial charge on any atom is 0.418 e. The highest BCUT2D eigenvalue weighted by atomic mass is 35.5. The Morgan fingerprint density at radius 2 is 1.88 bits per heavy atom. The second-order valence-corrected chi connectivity index (χ2v) is 10.6. The molecule has 0 radical (unpaired) electrons. The molecule has 0 bridgehead atoms. The Labute approximate surface area is 231 Å². The van der Waals surface area contributed by atoms with Gasteiger partial charge in [0, 0.05) is 18.7 Å². The van der Waals surface area contributed by atoms with E-state index in [1.807, 2.05) is 5.32 Å². The number of nitrogens with one attached hydrogen (secondary N) is 3. The van der Waals surface area contributed by atoms with E-state index in [1.54, 1.807) is 24.3 Å². The lowest BCUT2D eigenvalue weighted by Gasteiger charge is -2.27. The van der Waals surface area contributed by atoms with Crippen LogP contribution in [0.2, 0.25) is 5.02 Å². The van der Waals surface area contributed by atoms with E-state index < -0.39 is 57.7 Å². The number of nitriles is 1. The van der Waals surface area contributed by atoms with Crippen molar-refractivity contribution in [1.82, 2.24) is 10.2 Å². The molecule has 13 heteroatoms. The molecule has 2 fully saturated rings. The molecule has 0 aromatic heterocycles. The Kier molecular flexibility index (Phi) is 6.95. The molecule has 2 aliphatic heterocycles. The molecule has 9 nitrogen and oxygen atoms in total. The predicted octanol–water partition coefficient (Wildman–Crippen LogP) is 3.60. The summed E-state index contributed by atoms with van der Waals surface area (Å²) in [5.74, 6) is -3.68. The molecule has 2 heterocycles. The molecule has 40 heavy (non-hydrogen) atoms. The lowest BCUT2D eigenvalue weighted by molar-refractivity contribution is -0.140. The summed E-state index contributed by atoms with van der Waals surface area (Å²) in [6, 6.07) is 9.75. The fourth-order valence-electron chi connectivity index (χ4n) is 5.38. The number of rotatable bonds is 5. The Balaban J connectivity index is 1.36. The van der Waals surface area contributed by atoms with Crippen LogP contribution in [-0.2, 0) is 30.8 Å². The highest BCUT2D eigenvalue weighted by Crippen LogP contribution is 2.46. The van der Waals surface area contributed by atoms with Crippen LogP contribution in [0.3, 0.4) is 0 Å². The van der Waals surface area contributed by atoms with Gasteiger partial charge >= 0.3 is 18.0 Å². The number of halogens is 4. The van der Waals surface area contributed by atoms with E-state index >= 15 is 0 Å². The van der Waals surface area contributed by atoms with Crippen LogP contribution in [0.1, 0.15) is 36.8 Å². The number of hydrogen-bond acceptors (Lipinski definition) is 5. The van der Waals surface area contributed by atoms with E-state index in [-0.39, 0.29) is 31.2 Å². The van der Waals surface area contributed by atoms with Crippen molar-refractivity contribution in [2.45, 2.75) is 49.4 Å². The quantitative estimate of drug-likeness (QED) is 0.470. The lowest BCUT2D eigenvalue weighted by atomic mass is 9.80. The predicted molar refractivity (Wildman–Crippen MR) is 137 cm³/mol. The minimum absolute atomic E-state index is 0.0510. The third kappa shape index (κ3) is 4.97. The molecular formula is C27H23ClF3N5O4. The van der Waals surface area contributed by atoms with E-state index in [0.717, 1.165) is 25.0 Å². The average molecular weight is 574 g/mol. The van der Waals surface area contributed by atoms with Crippen molar-refractivity contribution in [3.63, 3.8) is 0 Å². The summed E-state index contributed by atoms with van der Waals surface area (Å²) < 4.78 is 40.3. The zero-order chi connectivity index (χ0) is 28.8. The van der Waals surface area contributed by atoms with Gasteiger partial charge in [-0.3, -0.25) is 19.2 Å². The number of para-hydroxylation sites is 2. The second-order valence-electron chi connectivity index (χ2n) is 10.2. The number of carbonyl (C=O) groups is 4. The molecule has 1 spiro atoms. The summed E-state index contributed by atoms with van der Waals surface area (Å²) in [7, 11) is 0. The largest absolute Gasteiger partial charge is 0.418 e. The second kappa shape index (κ2) is 10.1. The fraction of sp³-hybridized carbons (Fsp3) is 0.370. The zero-order valence-electron chi connectivity index (χ0n) is 20.8. The van der Waals surface area contributed by atoms with E-state index in [0.29, 0.717) is 17.3 Å². The van der Waals surface area contributed by atoms with Gasteiger partial charge in [-0.1, -0.05) is 48.7 Å². The standard InChI is InChI=1S/C27H23ClF3N5O4/c28-18-6-3-5-17(27(29,30)31)21(18)35-23(38)22(37)33-20(10-14-8-9-14)24(39)36-13-26(11-15(36)12-32)16-4-1-2-7-19(16)34-25(26)40/h1-7,14-15,20H,8-11,13H2,(H,33,37)(H,34,40)(H,35,38)/t15-,20-,26-/m0/s1. The summed E-state index contributed by atoms with van der Waals surface area (Å²) >= 11 is 5.87. The van der Waals surface area contributed by atoms with Crippen molar-refractivity contribution in [3.05, 3.63) is 58.6 Å². The molecule has 2 aromatic rings. The van der Waals surface area contributed by atoms with Crippen molar-refractivity contribution in [2.75, 3.05) is 17.2 Å². The Morgan fingerprint density at radius 3 is 2.55 bits per heavy atom. The van der Waals surface area contributed by atoms with E-state index in [2.05, 4.69) is 16.7 Å². The first-order valence-electron chi connectivity index (χ1n) is 12.5. The number of likely N-dealkylation sites (tertiary alicyclic amines) is 1. The number of anilines is 2. The maximum atomic E-state index is 13.7. The van der Waals surface area contributed by atoms with Gasteiger partial charge in [-0.25, -0.2) is 0 Å². The molecule has 3 N–H and O–H groups in total. The number of fused-ring (bicyclic) bond motifs is 2. The van der Waals surface area contributed by atoms with Crippen LogP contribution in [0.15, 0.2) is 42.5 Å². The third-order valence-electron chi connectivity index (χ3n) is 7.55. The SMILES string of the molecule is N#C[C@@H]1C[C@@]2(CN1C(=O)[C@H](CC1CC1)NC(=O)C(=O)Nc1c(Cl)cccc1C(F)(F)F)C(=O)Nc1ccccc12. The minimum atomic E-state index is -4.85. The molecule has 1 saturated carbocycles. The van der Waals surface area contributed by atoms with Crippen LogP contribution in [0.25, 0.3) is 0 Å². The number of carbonyl (C=O) groups excluding carboxylic acids is 4. The molecule has 0 unspecified atom stereocenters. The van der Waals surface area contributed by atoms with Gasteiger partial charge in [0.15, 0.2) is 0 Å². The van der Waals surface area contributed by atoms with Gasteiger partial charge in [0.2, 0.25) is 11.8 Å². The van der Waals surface area contributed by atoms with Crippen molar-refractivity contribution in [2.24, 2.45) is 5.92 Å². The Bertz CT molecular complexity index is 1450. The van der Waals surface area contributed by atoms with E-state index in [1.165, 1.54) is 4.90 Å². The van der Waals surface area contributed by atoms with E-state index in [9.17, 15) is 37.6 Å². The molecular weight excluding hydrogens is 551 g/mol. The van der Waals surface area contributed by atoms with Crippen molar-refractivity contribution < 1.29 is 32.3 Å². The lowest BCUT2D eigenvalue weighted by Crippen LogP contribution is -2.53. The van der Waals surface area contributed by atoms with Gasteiger partial charge in [0.05, 0.1) is 27.8 Å². The fourth-order valence-corrected chi connectivity index (χ4v) is 5.60. The summed E-state index contributed by atoms with van der Waals surface area (Å²) in [4.78, 5) is 53.5. The van der Waals surface area contributed by atoms with Gasteiger partial charge in [0.25, 0.3) is 0 Å². The summed E-state index contributed by atoms with van der Waals surface area (Å²) in [5, 5.41) is 16.5. The monoisotopic (exact) mass is 573 g/mol. The molecule has 2 aromatic carbocycles. The molecule has 4 amide bonds. The third-order valence-corrected chi connectivity index (χ3v) is 7.86. The van der Waals surface area contributed by atoms with Gasteiger partial charge < -0.3 is 20.9 Å². The topological polar surface area (TPSA) is 131 Å². The van der Waals surface area contributed by atoms with Gasteiger partial charge in [-0.2, -0.15) is 18.4 Å². The van der Waals surface area contributed by atoms with Crippen LogP contribution < -0.4 is 16.0 Å². The minimum Gasteiger partial charge on any atom is -0.336 e. The first kappa shape index (κ1) is 27.5. The van der Waals surface area contributed by atoms with Crippen molar-refractivity contribution in [1.29, 1.82) is 5.26 Å². The Morgan fingerprint density at radius 1 is 1.15 bits per heavy atom. The van der Waals surface area contributed by atoms with Gasteiger partial charge in [-0.05, 0) is 36.1 Å². The number of benzene rings is 2. The van der Waals surface area contributed by atoms with Gasteiger partial charge in [0.1, 0.15) is 12.1 Å². The first-order valence-corrected chi connectivity index (χ1v) is 12.9. The number of nitrogens with zero attached hydrogens (tertiary/aromatic N) is 2. The van der Waals surface area contributed by atoms with Crippen molar-refractivity contribution in [3.8, 4) is 6.07 Å². The summed E-state index contributed by atoms with van der Waals surface area (Å²) in [6.07, 6.45) is -3.04. The van der Waals surface area contributed by atoms with Crippen LogP contribution in [0, 0.1) is 17.2 Å². The Hall–Kier alpha value is -4.11. The normalized spacial score (nSPS) is 22.3. The van der Waals surface area contributed by atoms with Crippen LogP contribution in [0.4, 0.5) is 24.5 Å². The zero-order valence-corrected chi connectivity index (χ0v) is 21.6. The number of hydrogen-bond donors (Lipinski definition) is 3. The number of alkyl halides is 3. The van der Waals surface area contributed by atoms with Crippen molar-refractivity contribution >= 4 is 46.6 Å². The molecule has 1 aliphatic carbocycles. The molecule has 3 atom stereocenters. The molecule has 1 saturated heterocycles. The van der Waals surface area contributed by atoms with Crippen LogP contribution in [-0.4, -0.2) is 47.2 Å². The maximum absolute atomic E-state index is 13.7.